The van der Waals surface area contributed by atoms with Gasteiger partial charge in [0.25, 0.3) is 0 Å². The van der Waals surface area contributed by atoms with Crippen molar-refractivity contribution in [2.45, 2.75) is 6.42 Å². The van der Waals surface area contributed by atoms with Gasteiger partial charge in [0.2, 0.25) is 5.91 Å². The smallest absolute Gasteiger partial charge is 0.228 e. The van der Waals surface area contributed by atoms with Gasteiger partial charge < -0.3 is 19.9 Å². The van der Waals surface area contributed by atoms with Crippen LogP contribution in [-0.4, -0.2) is 63.2 Å². The number of rotatable bonds is 10. The van der Waals surface area contributed by atoms with Crippen molar-refractivity contribution < 1.29 is 13.9 Å². The van der Waals surface area contributed by atoms with Gasteiger partial charge in [-0.2, -0.15) is 5.10 Å². The second-order valence-electron chi connectivity index (χ2n) is 11.6. The quantitative estimate of drug-likeness (QED) is 0.150. The molecule has 7 aromatic rings. The summed E-state index contributed by atoms with van der Waals surface area (Å²) in [7, 11) is 3.93. The van der Waals surface area contributed by atoms with E-state index in [1.807, 2.05) is 91.8 Å². The van der Waals surface area contributed by atoms with E-state index in [-0.39, 0.29) is 18.1 Å². The second-order valence-corrected chi connectivity index (χ2v) is 11.6. The van der Waals surface area contributed by atoms with Crippen LogP contribution in [0, 0.1) is 5.82 Å². The second kappa shape index (κ2) is 12.9. The average Bonchev–Trinajstić information content (AvgIpc) is 3.69. The summed E-state index contributed by atoms with van der Waals surface area (Å²) in [5.41, 5.74) is 7.86. The molecule has 47 heavy (non-hydrogen) atoms. The SMILES string of the molecule is CN(C)CCOc1cc(F)cc(-c2ccnc3[nH]c(-c4n[nH]c5ccc(-c6cncc(NC(=O)Cc7ccccc7)c6)cc45)cc23)c1. The van der Waals surface area contributed by atoms with Crippen molar-refractivity contribution >= 4 is 33.5 Å². The highest BCUT2D eigenvalue weighted by Gasteiger charge is 2.16. The van der Waals surface area contributed by atoms with Gasteiger partial charge in [0.1, 0.15) is 29.5 Å². The Labute approximate surface area is 270 Å². The van der Waals surface area contributed by atoms with Crippen LogP contribution in [0.5, 0.6) is 5.75 Å². The van der Waals surface area contributed by atoms with E-state index in [0.29, 0.717) is 29.3 Å². The summed E-state index contributed by atoms with van der Waals surface area (Å²) in [5, 5.41) is 12.5. The molecule has 0 atom stereocenters. The van der Waals surface area contributed by atoms with Crippen LogP contribution in [0.25, 0.3) is 55.6 Å². The van der Waals surface area contributed by atoms with Gasteiger partial charge in [0.05, 0.1) is 29.5 Å². The van der Waals surface area contributed by atoms with Crippen LogP contribution in [-0.2, 0) is 11.2 Å². The summed E-state index contributed by atoms with van der Waals surface area (Å²) in [4.78, 5) is 27.0. The topological polar surface area (TPSA) is 112 Å². The van der Waals surface area contributed by atoms with Crippen LogP contribution in [0.15, 0.2) is 104 Å². The lowest BCUT2D eigenvalue weighted by Crippen LogP contribution is -2.19. The maximum Gasteiger partial charge on any atom is 0.228 e. The zero-order valence-corrected chi connectivity index (χ0v) is 25.9. The number of aromatic nitrogens is 5. The van der Waals surface area contributed by atoms with Gasteiger partial charge in [-0.25, -0.2) is 9.37 Å². The molecule has 3 N–H and O–H groups in total. The molecule has 0 aliphatic rings. The standard InChI is InChI=1S/C37H32FN7O2/c1-45(2)12-13-47-29-17-25(15-27(38)19-29)30-10-11-40-37-31(30)20-34(42-37)36-32-18-24(8-9-33(32)43-44-36)26-16-28(22-39-21-26)41-35(46)14-23-6-4-3-5-7-23/h3-11,15-22H,12-14H2,1-2H3,(H,40,42)(H,41,46)(H,43,44). The number of nitrogens with zero attached hydrogens (tertiary/aromatic N) is 4. The van der Waals surface area contributed by atoms with Crippen molar-refractivity contribution in [2.24, 2.45) is 0 Å². The Hall–Kier alpha value is -5.87. The van der Waals surface area contributed by atoms with Crippen LogP contribution < -0.4 is 10.1 Å². The van der Waals surface area contributed by atoms with E-state index < -0.39 is 0 Å². The van der Waals surface area contributed by atoms with E-state index >= 15 is 0 Å². The number of carbonyl (C=O) groups is 1. The number of hydrogen-bond donors (Lipinski definition) is 3. The normalized spacial score (nSPS) is 11.4. The molecule has 4 aromatic heterocycles. The molecule has 7 rings (SSSR count). The van der Waals surface area contributed by atoms with E-state index in [2.05, 4.69) is 30.5 Å². The molecule has 0 saturated heterocycles. The van der Waals surface area contributed by atoms with E-state index in [1.165, 1.54) is 12.1 Å². The first-order valence-corrected chi connectivity index (χ1v) is 15.2. The molecule has 0 aliphatic carbocycles. The first kappa shape index (κ1) is 29.8. The van der Waals surface area contributed by atoms with Gasteiger partial charge in [-0.3, -0.25) is 14.9 Å². The molecule has 0 spiro atoms. The van der Waals surface area contributed by atoms with Crippen molar-refractivity contribution in [1.29, 1.82) is 0 Å². The van der Waals surface area contributed by atoms with Crippen LogP contribution in [0.1, 0.15) is 5.56 Å². The molecule has 9 nitrogen and oxygen atoms in total. The number of anilines is 1. The first-order valence-electron chi connectivity index (χ1n) is 15.2. The predicted molar refractivity (Wildman–Crippen MR) is 183 cm³/mol. The lowest BCUT2D eigenvalue weighted by atomic mass is 10.0. The molecule has 0 bridgehead atoms. The molecule has 0 fully saturated rings. The van der Waals surface area contributed by atoms with Gasteiger partial charge in [0.15, 0.2) is 0 Å². The van der Waals surface area contributed by atoms with Crippen LogP contribution in [0.4, 0.5) is 10.1 Å². The Bertz CT molecular complexity index is 2210. The maximum atomic E-state index is 14.7. The number of nitrogens with one attached hydrogen (secondary N) is 3. The third-order valence-corrected chi connectivity index (χ3v) is 7.90. The van der Waals surface area contributed by atoms with Crippen molar-refractivity contribution in [1.82, 2.24) is 30.0 Å². The number of H-pyrrole nitrogens is 2. The predicted octanol–water partition coefficient (Wildman–Crippen LogP) is 7.10. The lowest BCUT2D eigenvalue weighted by Gasteiger charge is -2.12. The van der Waals surface area contributed by atoms with E-state index in [4.69, 9.17) is 4.74 Å². The Kier molecular flexibility index (Phi) is 8.16. The summed E-state index contributed by atoms with van der Waals surface area (Å²) in [6.45, 7) is 1.17. The summed E-state index contributed by atoms with van der Waals surface area (Å²) in [6.07, 6.45) is 5.39. The van der Waals surface area contributed by atoms with Gasteiger partial charge in [-0.15, -0.1) is 0 Å². The van der Waals surface area contributed by atoms with Crippen LogP contribution in [0.3, 0.4) is 0 Å². The summed E-state index contributed by atoms with van der Waals surface area (Å²) in [5.74, 6) is -0.00762. The number of benzene rings is 3. The zero-order chi connectivity index (χ0) is 32.3. The van der Waals surface area contributed by atoms with Crippen molar-refractivity contribution in [2.75, 3.05) is 32.6 Å². The minimum atomic E-state index is -0.372. The molecule has 0 radical (unpaired) electrons. The molecule has 0 unspecified atom stereocenters. The van der Waals surface area contributed by atoms with Crippen LogP contribution >= 0.6 is 0 Å². The fourth-order valence-corrected chi connectivity index (χ4v) is 5.61. The molecule has 3 aromatic carbocycles. The number of carbonyl (C=O) groups excluding carboxylic acids is 1. The summed E-state index contributed by atoms with van der Waals surface area (Å²) >= 11 is 0. The highest BCUT2D eigenvalue weighted by Crippen LogP contribution is 2.36. The fraction of sp³-hybridized carbons (Fsp3) is 0.135. The lowest BCUT2D eigenvalue weighted by molar-refractivity contribution is -0.115. The molecule has 4 heterocycles. The number of likely N-dealkylation sites (N-methyl/N-ethyl adjacent to an activating group) is 1. The number of amides is 1. The largest absolute Gasteiger partial charge is 0.492 e. The Morgan fingerprint density at radius 3 is 2.64 bits per heavy atom. The molecule has 0 aliphatic heterocycles. The Morgan fingerprint density at radius 2 is 1.79 bits per heavy atom. The average molecular weight is 626 g/mol. The molecular formula is C37H32FN7O2. The summed E-state index contributed by atoms with van der Waals surface area (Å²) < 4.78 is 20.5. The van der Waals surface area contributed by atoms with Crippen LogP contribution in [0.2, 0.25) is 0 Å². The van der Waals surface area contributed by atoms with E-state index in [1.54, 1.807) is 18.6 Å². The first-order chi connectivity index (χ1) is 22.9. The summed E-state index contributed by atoms with van der Waals surface area (Å²) in [6, 6.07) is 26.1. The monoisotopic (exact) mass is 625 g/mol. The van der Waals surface area contributed by atoms with Crippen molar-refractivity contribution in [3.63, 3.8) is 0 Å². The Morgan fingerprint density at radius 1 is 0.915 bits per heavy atom. The molecular weight excluding hydrogens is 593 g/mol. The van der Waals surface area contributed by atoms with E-state index in [0.717, 1.165) is 56.5 Å². The highest BCUT2D eigenvalue weighted by molar-refractivity contribution is 6.01. The fourth-order valence-electron chi connectivity index (χ4n) is 5.61. The minimum Gasteiger partial charge on any atom is -0.492 e. The number of aromatic amines is 2. The molecule has 234 valence electrons. The molecule has 0 saturated carbocycles. The van der Waals surface area contributed by atoms with Crippen molar-refractivity contribution in [3.05, 3.63) is 115 Å². The van der Waals surface area contributed by atoms with Crippen molar-refractivity contribution in [3.8, 4) is 39.4 Å². The van der Waals surface area contributed by atoms with Gasteiger partial charge >= 0.3 is 0 Å². The van der Waals surface area contributed by atoms with Gasteiger partial charge in [0, 0.05) is 41.3 Å². The number of fused-ring (bicyclic) bond motifs is 2. The van der Waals surface area contributed by atoms with Gasteiger partial charge in [-0.05, 0) is 78.8 Å². The van der Waals surface area contributed by atoms with E-state index in [9.17, 15) is 9.18 Å². The van der Waals surface area contributed by atoms with Gasteiger partial charge in [-0.1, -0.05) is 36.4 Å². The molecule has 1 amide bonds. The number of halogens is 1. The highest BCUT2D eigenvalue weighted by atomic mass is 19.1. The zero-order valence-electron chi connectivity index (χ0n) is 25.9. The third kappa shape index (κ3) is 6.58. The third-order valence-electron chi connectivity index (χ3n) is 7.90. The number of hydrogen-bond acceptors (Lipinski definition) is 6. The Balaban J connectivity index is 1.18. The number of ether oxygens (including phenoxy) is 1. The minimum absolute atomic E-state index is 0.110. The maximum absolute atomic E-state index is 14.7. The molecule has 10 heteroatoms. The number of pyridine rings is 2.